The summed E-state index contributed by atoms with van der Waals surface area (Å²) in [5.74, 6) is -2.64. The molecule has 1 amide bonds. The van der Waals surface area contributed by atoms with Crippen molar-refractivity contribution >= 4 is 17.8 Å². The summed E-state index contributed by atoms with van der Waals surface area (Å²) in [7, 11) is 0. The lowest BCUT2D eigenvalue weighted by Gasteiger charge is -2.20. The number of esters is 1. The van der Waals surface area contributed by atoms with E-state index in [0.29, 0.717) is 12.8 Å². The molecule has 1 heterocycles. The minimum Gasteiger partial charge on any atom is -0.460 e. The van der Waals surface area contributed by atoms with E-state index in [1.165, 1.54) is 0 Å². The molecule has 1 saturated heterocycles. The third kappa shape index (κ3) is 4.13. The summed E-state index contributed by atoms with van der Waals surface area (Å²) >= 11 is 0. The Balaban J connectivity index is 1.79. The zero-order valence-electron chi connectivity index (χ0n) is 11.4. The second-order valence-corrected chi connectivity index (χ2v) is 5.03. The number of aliphatic hydroxyl groups is 2. The third-order valence-electron chi connectivity index (χ3n) is 3.36. The summed E-state index contributed by atoms with van der Waals surface area (Å²) < 4.78 is 4.99. The molecule has 0 bridgehead atoms. The number of amides is 1. The van der Waals surface area contributed by atoms with E-state index >= 15 is 0 Å². The van der Waals surface area contributed by atoms with Crippen molar-refractivity contribution in [3.8, 4) is 0 Å². The van der Waals surface area contributed by atoms with Crippen molar-refractivity contribution in [3.05, 3.63) is 0 Å². The van der Waals surface area contributed by atoms with Crippen LogP contribution in [0.4, 0.5) is 0 Å². The molecule has 0 unspecified atom stereocenters. The molecule has 1 aliphatic carbocycles. The van der Waals surface area contributed by atoms with Crippen LogP contribution in [0.2, 0.25) is 0 Å². The second-order valence-electron chi connectivity index (χ2n) is 5.03. The van der Waals surface area contributed by atoms with E-state index in [1.807, 2.05) is 0 Å². The molecule has 0 aromatic rings. The first kappa shape index (κ1) is 15.7. The lowest BCUT2D eigenvalue weighted by atomic mass is 10.2. The number of nitrogens with zero attached hydrogens (tertiary/aromatic N) is 1. The van der Waals surface area contributed by atoms with Gasteiger partial charge in [-0.1, -0.05) is 0 Å². The second kappa shape index (κ2) is 6.83. The maximum absolute atomic E-state index is 11.6. The van der Waals surface area contributed by atoms with Crippen molar-refractivity contribution in [1.29, 1.82) is 0 Å². The van der Waals surface area contributed by atoms with E-state index in [2.05, 4.69) is 10.3 Å². The SMILES string of the molecule is O=C1CCN(OC(=O)[C@H](O)[C@@H](O)C(=O)OC2CCCC2)N1. The molecule has 2 rings (SSSR count). The van der Waals surface area contributed by atoms with E-state index in [4.69, 9.17) is 4.74 Å². The number of nitrogens with one attached hydrogen (secondary N) is 1. The molecule has 3 N–H and O–H groups in total. The van der Waals surface area contributed by atoms with Crippen molar-refractivity contribution < 1.29 is 34.2 Å². The van der Waals surface area contributed by atoms with Gasteiger partial charge in [-0.25, -0.2) is 9.59 Å². The average molecular weight is 302 g/mol. The molecule has 9 nitrogen and oxygen atoms in total. The summed E-state index contributed by atoms with van der Waals surface area (Å²) in [6, 6.07) is 0. The molecule has 0 spiro atoms. The quantitative estimate of drug-likeness (QED) is 0.518. The number of hydrogen-bond donors (Lipinski definition) is 3. The van der Waals surface area contributed by atoms with Crippen molar-refractivity contribution in [2.24, 2.45) is 0 Å². The zero-order valence-corrected chi connectivity index (χ0v) is 11.4. The van der Waals surface area contributed by atoms with Gasteiger partial charge in [-0.15, -0.1) is 0 Å². The fraction of sp³-hybridized carbons (Fsp3) is 0.750. The topological polar surface area (TPSA) is 125 Å². The van der Waals surface area contributed by atoms with Gasteiger partial charge in [-0.05, 0) is 30.9 Å². The van der Waals surface area contributed by atoms with Gasteiger partial charge in [0.15, 0.2) is 12.2 Å². The molecular weight excluding hydrogens is 284 g/mol. The average Bonchev–Trinajstić information content (AvgIpc) is 3.09. The standard InChI is InChI=1S/C12H18N2O7/c15-8-5-6-14(13-8)21-12(19)10(17)9(16)11(18)20-7-3-1-2-4-7/h7,9-10,16-17H,1-6H2,(H,13,15)/t9-,10-/m1/s1. The molecule has 2 atom stereocenters. The molecule has 0 radical (unpaired) electrons. The van der Waals surface area contributed by atoms with Crippen LogP contribution in [-0.2, 0) is 24.0 Å². The first-order valence-corrected chi connectivity index (χ1v) is 6.83. The third-order valence-corrected chi connectivity index (χ3v) is 3.36. The van der Waals surface area contributed by atoms with Gasteiger partial charge in [0.2, 0.25) is 5.91 Å². The Labute approximate surface area is 120 Å². The normalized spacial score (nSPS) is 22.7. The van der Waals surface area contributed by atoms with Gasteiger partial charge in [0.25, 0.3) is 0 Å². The minimum atomic E-state index is -2.07. The van der Waals surface area contributed by atoms with Gasteiger partial charge in [0, 0.05) is 6.42 Å². The molecule has 9 heteroatoms. The van der Waals surface area contributed by atoms with E-state index in [0.717, 1.165) is 18.0 Å². The Morgan fingerprint density at radius 2 is 1.81 bits per heavy atom. The lowest BCUT2D eigenvalue weighted by Crippen LogP contribution is -2.46. The summed E-state index contributed by atoms with van der Waals surface area (Å²) in [4.78, 5) is 38.7. The summed E-state index contributed by atoms with van der Waals surface area (Å²) in [6.45, 7) is 0.125. The zero-order chi connectivity index (χ0) is 15.4. The van der Waals surface area contributed by atoms with Crippen LogP contribution in [0.15, 0.2) is 0 Å². The van der Waals surface area contributed by atoms with Crippen molar-refractivity contribution in [1.82, 2.24) is 10.6 Å². The van der Waals surface area contributed by atoms with Crippen LogP contribution >= 0.6 is 0 Å². The molecular formula is C12H18N2O7. The number of hydrazine groups is 1. The van der Waals surface area contributed by atoms with Crippen LogP contribution < -0.4 is 5.43 Å². The number of aliphatic hydroxyl groups excluding tert-OH is 2. The van der Waals surface area contributed by atoms with Crippen molar-refractivity contribution in [3.63, 3.8) is 0 Å². The number of ether oxygens (including phenoxy) is 1. The molecule has 1 aliphatic heterocycles. The van der Waals surface area contributed by atoms with Crippen molar-refractivity contribution in [2.45, 2.75) is 50.4 Å². The predicted molar refractivity (Wildman–Crippen MR) is 65.9 cm³/mol. The van der Waals surface area contributed by atoms with E-state index in [9.17, 15) is 24.6 Å². The lowest BCUT2D eigenvalue weighted by molar-refractivity contribution is -0.214. The van der Waals surface area contributed by atoms with Crippen LogP contribution in [-0.4, -0.2) is 58.1 Å². The van der Waals surface area contributed by atoms with Crippen LogP contribution in [0.5, 0.6) is 0 Å². The first-order chi connectivity index (χ1) is 9.97. The Kier molecular flexibility index (Phi) is 5.10. The fourth-order valence-electron chi connectivity index (χ4n) is 2.18. The summed E-state index contributed by atoms with van der Waals surface area (Å²) in [5.41, 5.74) is 2.21. The number of carbonyl (C=O) groups excluding carboxylic acids is 3. The molecule has 0 aromatic carbocycles. The van der Waals surface area contributed by atoms with Crippen LogP contribution in [0.25, 0.3) is 0 Å². The van der Waals surface area contributed by atoms with Gasteiger partial charge < -0.3 is 19.8 Å². The Morgan fingerprint density at radius 3 is 2.38 bits per heavy atom. The monoisotopic (exact) mass is 302 g/mol. The van der Waals surface area contributed by atoms with Crippen LogP contribution in [0.3, 0.4) is 0 Å². The summed E-state index contributed by atoms with van der Waals surface area (Å²) in [6.07, 6.45) is -0.936. The number of hydroxylamine groups is 1. The smallest absolute Gasteiger partial charge is 0.358 e. The minimum absolute atomic E-state index is 0.125. The van der Waals surface area contributed by atoms with Crippen molar-refractivity contribution in [2.75, 3.05) is 6.54 Å². The van der Waals surface area contributed by atoms with E-state index in [-0.39, 0.29) is 25.0 Å². The Morgan fingerprint density at radius 1 is 1.19 bits per heavy atom. The molecule has 1 saturated carbocycles. The van der Waals surface area contributed by atoms with Crippen LogP contribution in [0.1, 0.15) is 32.1 Å². The molecule has 2 fully saturated rings. The van der Waals surface area contributed by atoms with Gasteiger partial charge in [-0.2, -0.15) is 0 Å². The number of rotatable bonds is 5. The highest BCUT2D eigenvalue weighted by Gasteiger charge is 2.36. The maximum atomic E-state index is 11.6. The molecule has 21 heavy (non-hydrogen) atoms. The highest BCUT2D eigenvalue weighted by atomic mass is 16.7. The van der Waals surface area contributed by atoms with Gasteiger partial charge >= 0.3 is 11.9 Å². The predicted octanol–water partition coefficient (Wildman–Crippen LogP) is -1.61. The highest BCUT2D eigenvalue weighted by Crippen LogP contribution is 2.21. The van der Waals surface area contributed by atoms with E-state index < -0.39 is 24.1 Å². The van der Waals surface area contributed by atoms with Gasteiger partial charge in [0.05, 0.1) is 6.54 Å². The summed E-state index contributed by atoms with van der Waals surface area (Å²) in [5, 5.41) is 20.0. The van der Waals surface area contributed by atoms with Crippen LogP contribution in [0, 0.1) is 0 Å². The molecule has 2 aliphatic rings. The first-order valence-electron chi connectivity index (χ1n) is 6.83. The fourth-order valence-corrected chi connectivity index (χ4v) is 2.18. The highest BCUT2D eigenvalue weighted by molar-refractivity contribution is 5.85. The number of hydrogen-bond acceptors (Lipinski definition) is 8. The van der Waals surface area contributed by atoms with Gasteiger partial charge in [-0.3, -0.25) is 10.2 Å². The maximum Gasteiger partial charge on any atom is 0.358 e. The Bertz CT molecular complexity index is 422. The largest absolute Gasteiger partial charge is 0.460 e. The Hall–Kier alpha value is -1.71. The van der Waals surface area contributed by atoms with Gasteiger partial charge in [0.1, 0.15) is 6.10 Å². The molecule has 0 aromatic heterocycles. The van der Waals surface area contributed by atoms with E-state index in [1.54, 1.807) is 0 Å². The number of carbonyl (C=O) groups is 3. The molecule has 118 valence electrons.